The van der Waals surface area contributed by atoms with Crippen LogP contribution in [0.15, 0.2) is 0 Å². The Morgan fingerprint density at radius 2 is 2.14 bits per heavy atom. The number of carbonyl (C=O) groups is 1. The molecule has 14 heavy (non-hydrogen) atoms. The Morgan fingerprint density at radius 1 is 1.50 bits per heavy atom. The second kappa shape index (κ2) is 6.79. The highest BCUT2D eigenvalue weighted by Crippen LogP contribution is 2.08. The van der Waals surface area contributed by atoms with Crippen LogP contribution in [0.3, 0.4) is 0 Å². The van der Waals surface area contributed by atoms with Crippen molar-refractivity contribution in [2.75, 3.05) is 13.2 Å². The Kier molecular flexibility index (Phi) is 6.49. The van der Waals surface area contributed by atoms with Gasteiger partial charge in [-0.25, -0.2) is 0 Å². The van der Waals surface area contributed by atoms with E-state index in [-0.39, 0.29) is 25.6 Å². The third-order valence-corrected chi connectivity index (χ3v) is 1.98. The number of esters is 1. The number of unbranched alkanes of at least 4 members (excludes halogenated alkanes) is 1. The molecule has 0 amide bonds. The molecule has 0 fully saturated rings. The molecule has 0 rings (SSSR count). The third kappa shape index (κ3) is 6.86. The van der Waals surface area contributed by atoms with E-state index in [0.717, 1.165) is 12.8 Å². The van der Waals surface area contributed by atoms with Crippen molar-refractivity contribution in [1.29, 1.82) is 0 Å². The van der Waals surface area contributed by atoms with Crippen molar-refractivity contribution in [2.45, 2.75) is 45.1 Å². The second-order valence-electron chi connectivity index (χ2n) is 3.73. The number of rotatable bonds is 7. The Morgan fingerprint density at radius 3 is 2.64 bits per heavy atom. The van der Waals surface area contributed by atoms with Crippen LogP contribution in [0.2, 0.25) is 0 Å². The molecule has 0 heterocycles. The maximum absolute atomic E-state index is 11.0. The van der Waals surface area contributed by atoms with E-state index >= 15 is 0 Å². The van der Waals surface area contributed by atoms with E-state index in [4.69, 9.17) is 9.84 Å². The predicted octanol–water partition coefficient (Wildman–Crippen LogP) is 0.853. The highest BCUT2D eigenvalue weighted by atomic mass is 16.5. The van der Waals surface area contributed by atoms with Crippen LogP contribution in [-0.4, -0.2) is 35.0 Å². The summed E-state index contributed by atoms with van der Waals surface area (Å²) in [4.78, 5) is 11.0. The quantitative estimate of drug-likeness (QED) is 0.603. The third-order valence-electron chi connectivity index (χ3n) is 1.98. The minimum Gasteiger partial charge on any atom is -0.466 e. The molecular formula is C10H20O4. The van der Waals surface area contributed by atoms with E-state index < -0.39 is 5.60 Å². The maximum Gasteiger partial charge on any atom is 0.305 e. The minimum absolute atomic E-state index is 0.163. The molecule has 0 bridgehead atoms. The van der Waals surface area contributed by atoms with Gasteiger partial charge in [-0.15, -0.1) is 0 Å². The molecule has 4 nitrogen and oxygen atoms in total. The number of carbonyl (C=O) groups excluding carboxylic acids is 1. The smallest absolute Gasteiger partial charge is 0.305 e. The zero-order chi connectivity index (χ0) is 11.0. The lowest BCUT2D eigenvalue weighted by molar-refractivity contribution is -0.145. The molecule has 0 aliphatic carbocycles. The standard InChI is InChI=1S/C10H20O4/c1-3-4-5-9(12)14-7-6-10(2,13)8-11/h11,13H,3-8H2,1-2H3. The molecule has 1 atom stereocenters. The highest BCUT2D eigenvalue weighted by molar-refractivity contribution is 5.69. The molecule has 0 aromatic carbocycles. The van der Waals surface area contributed by atoms with Gasteiger partial charge in [0.05, 0.1) is 18.8 Å². The van der Waals surface area contributed by atoms with Gasteiger partial charge in [-0.2, -0.15) is 0 Å². The van der Waals surface area contributed by atoms with Gasteiger partial charge in [0, 0.05) is 12.8 Å². The zero-order valence-corrected chi connectivity index (χ0v) is 8.95. The van der Waals surface area contributed by atoms with Crippen molar-refractivity contribution in [1.82, 2.24) is 0 Å². The fourth-order valence-corrected chi connectivity index (χ4v) is 0.857. The topological polar surface area (TPSA) is 66.8 Å². The van der Waals surface area contributed by atoms with Crippen LogP contribution >= 0.6 is 0 Å². The molecule has 2 N–H and O–H groups in total. The number of aliphatic hydroxyl groups is 2. The molecule has 1 unspecified atom stereocenters. The Bertz CT molecular complexity index is 166. The Hall–Kier alpha value is -0.610. The van der Waals surface area contributed by atoms with Crippen molar-refractivity contribution in [2.24, 2.45) is 0 Å². The van der Waals surface area contributed by atoms with E-state index in [9.17, 15) is 9.90 Å². The molecule has 0 radical (unpaired) electrons. The fourth-order valence-electron chi connectivity index (χ4n) is 0.857. The lowest BCUT2D eigenvalue weighted by Gasteiger charge is -2.19. The lowest BCUT2D eigenvalue weighted by atomic mass is 10.1. The van der Waals surface area contributed by atoms with Gasteiger partial charge in [0.2, 0.25) is 0 Å². The average Bonchev–Trinajstić information content (AvgIpc) is 2.14. The van der Waals surface area contributed by atoms with Crippen LogP contribution in [0.5, 0.6) is 0 Å². The van der Waals surface area contributed by atoms with Gasteiger partial charge >= 0.3 is 5.97 Å². The number of aliphatic hydroxyl groups excluding tert-OH is 1. The number of hydrogen-bond donors (Lipinski definition) is 2. The highest BCUT2D eigenvalue weighted by Gasteiger charge is 2.19. The molecule has 0 saturated heterocycles. The Balaban J connectivity index is 3.49. The van der Waals surface area contributed by atoms with Crippen LogP contribution in [-0.2, 0) is 9.53 Å². The van der Waals surface area contributed by atoms with Gasteiger partial charge < -0.3 is 14.9 Å². The molecule has 4 heteroatoms. The molecule has 0 aromatic heterocycles. The van der Waals surface area contributed by atoms with Crippen molar-refractivity contribution >= 4 is 5.97 Å². The molecule has 0 aliphatic heterocycles. The largest absolute Gasteiger partial charge is 0.466 e. The van der Waals surface area contributed by atoms with E-state index in [2.05, 4.69) is 0 Å². The van der Waals surface area contributed by atoms with Crippen LogP contribution in [0.1, 0.15) is 39.5 Å². The number of hydrogen-bond acceptors (Lipinski definition) is 4. The van der Waals surface area contributed by atoms with Crippen molar-refractivity contribution in [3.8, 4) is 0 Å². The summed E-state index contributed by atoms with van der Waals surface area (Å²) in [7, 11) is 0. The van der Waals surface area contributed by atoms with Crippen LogP contribution in [0, 0.1) is 0 Å². The molecule has 0 saturated carbocycles. The summed E-state index contributed by atoms with van der Waals surface area (Å²) >= 11 is 0. The van der Waals surface area contributed by atoms with E-state index in [1.807, 2.05) is 6.92 Å². The summed E-state index contributed by atoms with van der Waals surface area (Å²) in [5.74, 6) is -0.236. The summed E-state index contributed by atoms with van der Waals surface area (Å²) in [6.07, 6.45) is 2.48. The zero-order valence-electron chi connectivity index (χ0n) is 8.95. The number of ether oxygens (including phenoxy) is 1. The van der Waals surface area contributed by atoms with Crippen LogP contribution in [0.4, 0.5) is 0 Å². The first-order chi connectivity index (χ1) is 6.52. The average molecular weight is 204 g/mol. The monoisotopic (exact) mass is 204 g/mol. The van der Waals surface area contributed by atoms with Crippen LogP contribution < -0.4 is 0 Å². The van der Waals surface area contributed by atoms with E-state index in [1.54, 1.807) is 0 Å². The summed E-state index contributed by atoms with van der Waals surface area (Å²) in [6, 6.07) is 0. The van der Waals surface area contributed by atoms with Crippen molar-refractivity contribution in [3.63, 3.8) is 0 Å². The van der Waals surface area contributed by atoms with E-state index in [0.29, 0.717) is 6.42 Å². The SMILES string of the molecule is CCCCC(=O)OCCC(C)(O)CO. The van der Waals surface area contributed by atoms with Gasteiger partial charge in [0.15, 0.2) is 0 Å². The summed E-state index contributed by atoms with van der Waals surface area (Å²) in [5.41, 5.74) is -1.15. The normalized spacial score (nSPS) is 14.9. The lowest BCUT2D eigenvalue weighted by Crippen LogP contribution is -2.30. The van der Waals surface area contributed by atoms with Gasteiger partial charge in [0.1, 0.15) is 0 Å². The van der Waals surface area contributed by atoms with Gasteiger partial charge in [-0.3, -0.25) is 4.79 Å². The van der Waals surface area contributed by atoms with Gasteiger partial charge in [-0.1, -0.05) is 13.3 Å². The van der Waals surface area contributed by atoms with Crippen LogP contribution in [0.25, 0.3) is 0 Å². The first kappa shape index (κ1) is 13.4. The molecular weight excluding hydrogens is 184 g/mol. The maximum atomic E-state index is 11.0. The molecule has 0 aromatic rings. The summed E-state index contributed by atoms with van der Waals surface area (Å²) in [5, 5.41) is 18.1. The second-order valence-corrected chi connectivity index (χ2v) is 3.73. The van der Waals surface area contributed by atoms with E-state index in [1.165, 1.54) is 6.92 Å². The fraction of sp³-hybridized carbons (Fsp3) is 0.900. The predicted molar refractivity (Wildman–Crippen MR) is 52.8 cm³/mol. The minimum atomic E-state index is -1.15. The first-order valence-corrected chi connectivity index (χ1v) is 5.00. The molecule has 84 valence electrons. The Labute approximate surface area is 84.9 Å². The molecule has 0 aliphatic rings. The van der Waals surface area contributed by atoms with Crippen molar-refractivity contribution < 1.29 is 19.7 Å². The van der Waals surface area contributed by atoms with Gasteiger partial charge in [0.25, 0.3) is 0 Å². The van der Waals surface area contributed by atoms with Crippen molar-refractivity contribution in [3.05, 3.63) is 0 Å². The first-order valence-electron chi connectivity index (χ1n) is 5.00. The summed E-state index contributed by atoms with van der Waals surface area (Å²) in [6.45, 7) is 3.35. The molecule has 0 spiro atoms. The van der Waals surface area contributed by atoms with Gasteiger partial charge in [-0.05, 0) is 13.3 Å². The summed E-state index contributed by atoms with van der Waals surface area (Å²) < 4.78 is 4.87.